The highest BCUT2D eigenvalue weighted by molar-refractivity contribution is 6.05. The molecule has 1 amide bonds. The maximum absolute atomic E-state index is 12.5. The third-order valence-electron chi connectivity index (χ3n) is 4.36. The number of hydrogen-bond donors (Lipinski definition) is 1. The third kappa shape index (κ3) is 4.30. The molecule has 0 bridgehead atoms. The summed E-state index contributed by atoms with van der Waals surface area (Å²) in [7, 11) is 0. The Morgan fingerprint density at radius 2 is 1.83 bits per heavy atom. The molecule has 0 aliphatic heterocycles. The van der Waals surface area contributed by atoms with Crippen LogP contribution in [0.5, 0.6) is 11.6 Å². The van der Waals surface area contributed by atoms with Crippen LogP contribution in [0.15, 0.2) is 73.3 Å². The number of carbonyl (C=O) groups is 1. The lowest BCUT2D eigenvalue weighted by molar-refractivity contribution is 0.102. The highest BCUT2D eigenvalue weighted by atomic mass is 16.5. The van der Waals surface area contributed by atoms with Gasteiger partial charge in [0.05, 0.1) is 0 Å². The van der Waals surface area contributed by atoms with Crippen LogP contribution in [0.3, 0.4) is 0 Å². The average molecular weight is 385 g/mol. The van der Waals surface area contributed by atoms with Crippen molar-refractivity contribution in [2.45, 2.75) is 13.8 Å². The fourth-order valence-corrected chi connectivity index (χ4v) is 2.89. The van der Waals surface area contributed by atoms with Gasteiger partial charge in [-0.25, -0.2) is 4.98 Å². The van der Waals surface area contributed by atoms with E-state index in [-0.39, 0.29) is 5.91 Å². The maximum Gasteiger partial charge on any atom is 0.255 e. The molecule has 7 nitrogen and oxygen atoms in total. The van der Waals surface area contributed by atoms with E-state index in [0.29, 0.717) is 28.7 Å². The van der Waals surface area contributed by atoms with Gasteiger partial charge < -0.3 is 10.1 Å². The van der Waals surface area contributed by atoms with Gasteiger partial charge in [0.2, 0.25) is 5.88 Å². The topological polar surface area (TPSA) is 81.9 Å². The number of ether oxygens (including phenoxy) is 1. The van der Waals surface area contributed by atoms with Crippen molar-refractivity contribution in [2.24, 2.45) is 0 Å². The fraction of sp³-hybridized carbons (Fsp3) is 0.0909. The molecule has 0 aliphatic rings. The predicted molar refractivity (Wildman–Crippen MR) is 110 cm³/mol. The van der Waals surface area contributed by atoms with Gasteiger partial charge in [0.15, 0.2) is 5.82 Å². The summed E-state index contributed by atoms with van der Waals surface area (Å²) < 4.78 is 7.47. The van der Waals surface area contributed by atoms with Crippen LogP contribution in [0.2, 0.25) is 0 Å². The van der Waals surface area contributed by atoms with Crippen molar-refractivity contribution >= 4 is 11.6 Å². The molecule has 29 heavy (non-hydrogen) atoms. The number of anilines is 1. The normalized spacial score (nSPS) is 10.6. The maximum atomic E-state index is 12.5. The summed E-state index contributed by atoms with van der Waals surface area (Å²) in [5.41, 5.74) is 3.41. The number of amides is 1. The Morgan fingerprint density at radius 3 is 2.48 bits per heavy atom. The monoisotopic (exact) mass is 385 g/mol. The molecule has 0 unspecified atom stereocenters. The lowest BCUT2D eigenvalue weighted by Gasteiger charge is -2.09. The summed E-state index contributed by atoms with van der Waals surface area (Å²) in [6.07, 6.45) is 5.11. The van der Waals surface area contributed by atoms with E-state index in [2.05, 4.69) is 20.5 Å². The Labute approximate surface area is 168 Å². The van der Waals surface area contributed by atoms with Gasteiger partial charge in [0, 0.05) is 29.7 Å². The van der Waals surface area contributed by atoms with Crippen LogP contribution < -0.4 is 10.1 Å². The minimum atomic E-state index is -0.142. The van der Waals surface area contributed by atoms with Crippen LogP contribution in [0.25, 0.3) is 5.82 Å². The Kier molecular flexibility index (Phi) is 5.03. The average Bonchev–Trinajstić information content (AvgIpc) is 3.25. The Morgan fingerprint density at radius 1 is 1.00 bits per heavy atom. The molecule has 0 saturated carbocycles. The number of aromatic nitrogens is 4. The first-order chi connectivity index (χ1) is 14.1. The zero-order valence-electron chi connectivity index (χ0n) is 16.0. The molecule has 144 valence electrons. The van der Waals surface area contributed by atoms with Crippen molar-refractivity contribution in [1.82, 2.24) is 19.7 Å². The summed E-state index contributed by atoms with van der Waals surface area (Å²) >= 11 is 0. The quantitative estimate of drug-likeness (QED) is 0.553. The van der Waals surface area contributed by atoms with Gasteiger partial charge >= 0.3 is 0 Å². The standard InChI is InChI=1S/C22H19N5O2/c1-15-3-8-19(16(2)13-15)22(28)24-17-4-6-18(7-5-17)29-21-10-9-20(25-26-21)27-12-11-23-14-27/h3-14H,1-2H3,(H,24,28). The summed E-state index contributed by atoms with van der Waals surface area (Å²) in [4.78, 5) is 16.5. The summed E-state index contributed by atoms with van der Waals surface area (Å²) in [5, 5.41) is 11.1. The second-order valence-electron chi connectivity index (χ2n) is 6.60. The van der Waals surface area contributed by atoms with Gasteiger partial charge in [-0.2, -0.15) is 0 Å². The molecule has 0 atom stereocenters. The Balaban J connectivity index is 1.40. The summed E-state index contributed by atoms with van der Waals surface area (Å²) in [6.45, 7) is 3.93. The zero-order valence-corrected chi connectivity index (χ0v) is 16.0. The van der Waals surface area contributed by atoms with Crippen molar-refractivity contribution in [3.63, 3.8) is 0 Å². The molecule has 4 aromatic rings. The number of nitrogens with one attached hydrogen (secondary N) is 1. The lowest BCUT2D eigenvalue weighted by Crippen LogP contribution is -2.13. The highest BCUT2D eigenvalue weighted by Crippen LogP contribution is 2.22. The molecule has 0 spiro atoms. The van der Waals surface area contributed by atoms with Crippen molar-refractivity contribution < 1.29 is 9.53 Å². The molecule has 2 heterocycles. The van der Waals surface area contributed by atoms with Crippen molar-refractivity contribution in [3.8, 4) is 17.4 Å². The smallest absolute Gasteiger partial charge is 0.255 e. The zero-order chi connectivity index (χ0) is 20.2. The number of benzene rings is 2. The first-order valence-corrected chi connectivity index (χ1v) is 9.07. The number of hydrogen-bond acceptors (Lipinski definition) is 5. The second kappa shape index (κ2) is 7.93. The fourth-order valence-electron chi connectivity index (χ4n) is 2.89. The molecule has 0 fully saturated rings. The SMILES string of the molecule is Cc1ccc(C(=O)Nc2ccc(Oc3ccc(-n4ccnc4)nn3)cc2)c(C)c1. The van der Waals surface area contributed by atoms with E-state index < -0.39 is 0 Å². The van der Waals surface area contributed by atoms with E-state index >= 15 is 0 Å². The van der Waals surface area contributed by atoms with Gasteiger partial charge in [-0.3, -0.25) is 9.36 Å². The lowest BCUT2D eigenvalue weighted by atomic mass is 10.1. The minimum Gasteiger partial charge on any atom is -0.438 e. The van der Waals surface area contributed by atoms with Gasteiger partial charge in [-0.15, -0.1) is 10.2 Å². The summed E-state index contributed by atoms with van der Waals surface area (Å²) in [5.74, 6) is 1.48. The molecular weight excluding hydrogens is 366 g/mol. The van der Waals surface area contributed by atoms with E-state index in [1.165, 1.54) is 0 Å². The Hall–Kier alpha value is -4.00. The first-order valence-electron chi connectivity index (χ1n) is 9.07. The number of rotatable bonds is 5. The molecule has 4 rings (SSSR count). The third-order valence-corrected chi connectivity index (χ3v) is 4.36. The molecule has 0 radical (unpaired) electrons. The van der Waals surface area contributed by atoms with E-state index in [4.69, 9.17) is 4.74 Å². The molecule has 0 aliphatic carbocycles. The van der Waals surface area contributed by atoms with Crippen molar-refractivity contribution in [2.75, 3.05) is 5.32 Å². The molecule has 2 aromatic heterocycles. The Bertz CT molecular complexity index is 1120. The van der Waals surface area contributed by atoms with Crippen LogP contribution >= 0.6 is 0 Å². The largest absolute Gasteiger partial charge is 0.438 e. The number of aryl methyl sites for hydroxylation is 2. The van der Waals surface area contributed by atoms with Crippen LogP contribution in [-0.4, -0.2) is 25.7 Å². The van der Waals surface area contributed by atoms with Gasteiger partial charge in [0.1, 0.15) is 12.1 Å². The van der Waals surface area contributed by atoms with Crippen LogP contribution in [0.4, 0.5) is 5.69 Å². The van der Waals surface area contributed by atoms with E-state index in [9.17, 15) is 4.79 Å². The number of carbonyl (C=O) groups excluding carboxylic acids is 1. The van der Waals surface area contributed by atoms with Gasteiger partial charge in [0.25, 0.3) is 5.91 Å². The molecule has 1 N–H and O–H groups in total. The second-order valence-corrected chi connectivity index (χ2v) is 6.60. The van der Waals surface area contributed by atoms with Crippen molar-refractivity contribution in [3.05, 3.63) is 90.0 Å². The van der Waals surface area contributed by atoms with Gasteiger partial charge in [-0.05, 0) is 55.8 Å². The minimum absolute atomic E-state index is 0.142. The van der Waals surface area contributed by atoms with Crippen LogP contribution in [0.1, 0.15) is 21.5 Å². The first kappa shape index (κ1) is 18.4. The molecule has 0 saturated heterocycles. The van der Waals surface area contributed by atoms with Crippen molar-refractivity contribution in [1.29, 1.82) is 0 Å². The molecular formula is C22H19N5O2. The molecule has 7 heteroatoms. The van der Waals surface area contributed by atoms with E-state index in [1.807, 2.05) is 32.0 Å². The van der Waals surface area contributed by atoms with Gasteiger partial charge in [-0.1, -0.05) is 17.7 Å². The summed E-state index contributed by atoms with van der Waals surface area (Å²) in [6, 6.07) is 16.4. The van der Waals surface area contributed by atoms with E-state index in [1.54, 1.807) is 59.7 Å². The van der Waals surface area contributed by atoms with Crippen LogP contribution in [0, 0.1) is 13.8 Å². The molecule has 2 aromatic carbocycles. The van der Waals surface area contributed by atoms with Crippen LogP contribution in [-0.2, 0) is 0 Å². The predicted octanol–water partition coefficient (Wildman–Crippen LogP) is 4.32. The number of imidazole rings is 1. The number of nitrogens with zero attached hydrogens (tertiary/aromatic N) is 4. The van der Waals surface area contributed by atoms with E-state index in [0.717, 1.165) is 11.1 Å². The highest BCUT2D eigenvalue weighted by Gasteiger charge is 2.09.